The van der Waals surface area contributed by atoms with Gasteiger partial charge in [0.2, 0.25) is 0 Å². The number of carboxylic acids is 1. The number of imidazole rings is 1. The Balaban J connectivity index is 1.56. The van der Waals surface area contributed by atoms with Gasteiger partial charge in [0.05, 0.1) is 6.33 Å². The summed E-state index contributed by atoms with van der Waals surface area (Å²) in [6, 6.07) is 0.484. The first-order chi connectivity index (χ1) is 10.1. The van der Waals surface area contributed by atoms with Crippen LogP contribution in [0.15, 0.2) is 12.5 Å². The van der Waals surface area contributed by atoms with E-state index < -0.39 is 5.97 Å². The molecule has 1 heterocycles. The van der Waals surface area contributed by atoms with E-state index in [1.807, 2.05) is 0 Å². The van der Waals surface area contributed by atoms with Crippen LogP contribution in [0.4, 0.5) is 4.79 Å². The third kappa shape index (κ3) is 5.07. The highest BCUT2D eigenvalue weighted by Gasteiger charge is 2.25. The van der Waals surface area contributed by atoms with Crippen molar-refractivity contribution in [1.29, 1.82) is 0 Å². The zero-order chi connectivity index (χ0) is 15.2. The molecule has 21 heavy (non-hydrogen) atoms. The first-order valence-corrected chi connectivity index (χ1v) is 7.03. The number of urea groups is 1. The van der Waals surface area contributed by atoms with Crippen LogP contribution in [0.2, 0.25) is 0 Å². The lowest BCUT2D eigenvalue weighted by Gasteiger charge is -2.15. The van der Waals surface area contributed by atoms with Crippen molar-refractivity contribution in [3.63, 3.8) is 0 Å². The molecule has 1 aromatic heterocycles. The fourth-order valence-corrected chi connectivity index (χ4v) is 2.00. The molecule has 0 saturated heterocycles. The third-order valence-electron chi connectivity index (χ3n) is 3.43. The van der Waals surface area contributed by atoms with E-state index in [1.54, 1.807) is 4.57 Å². The van der Waals surface area contributed by atoms with Gasteiger partial charge in [-0.25, -0.2) is 14.6 Å². The minimum Gasteiger partial charge on any atom is -0.476 e. The van der Waals surface area contributed by atoms with Crippen molar-refractivity contribution >= 4 is 12.0 Å². The molecule has 0 aliphatic heterocycles. The summed E-state index contributed by atoms with van der Waals surface area (Å²) in [4.78, 5) is 28.2. The van der Waals surface area contributed by atoms with Gasteiger partial charge in [0.1, 0.15) is 0 Å². The molecule has 0 unspecified atom stereocenters. The number of carbonyl (C=O) groups excluding carboxylic acids is 1. The first-order valence-electron chi connectivity index (χ1n) is 7.03. The molecular formula is C13H21N5O3. The van der Waals surface area contributed by atoms with E-state index in [0.717, 1.165) is 6.54 Å². The van der Waals surface area contributed by atoms with Crippen molar-refractivity contribution in [2.45, 2.75) is 25.4 Å². The van der Waals surface area contributed by atoms with Crippen LogP contribution in [0.1, 0.15) is 23.3 Å². The van der Waals surface area contributed by atoms with Crippen molar-refractivity contribution in [2.75, 3.05) is 26.7 Å². The number of carbonyl (C=O) groups is 2. The van der Waals surface area contributed by atoms with Crippen molar-refractivity contribution < 1.29 is 14.7 Å². The van der Waals surface area contributed by atoms with Gasteiger partial charge in [-0.1, -0.05) is 0 Å². The van der Waals surface area contributed by atoms with Gasteiger partial charge in [-0.3, -0.25) is 0 Å². The molecule has 1 aliphatic rings. The van der Waals surface area contributed by atoms with Gasteiger partial charge in [-0.05, 0) is 19.9 Å². The number of carboxylic acid groups (broad SMARTS) is 1. The predicted molar refractivity (Wildman–Crippen MR) is 76.2 cm³/mol. The number of rotatable bonds is 8. The van der Waals surface area contributed by atoms with Crippen LogP contribution in [0.5, 0.6) is 0 Å². The maximum atomic E-state index is 11.6. The normalized spacial score (nSPS) is 14.2. The number of nitrogens with zero attached hydrogens (tertiary/aromatic N) is 3. The second-order valence-electron chi connectivity index (χ2n) is 5.20. The summed E-state index contributed by atoms with van der Waals surface area (Å²) in [5, 5.41) is 14.3. The lowest BCUT2D eigenvalue weighted by atomic mass is 10.5. The van der Waals surface area contributed by atoms with Crippen LogP contribution in [0, 0.1) is 0 Å². The molecular weight excluding hydrogens is 274 g/mol. The van der Waals surface area contributed by atoms with Crippen LogP contribution in [-0.4, -0.2) is 64.3 Å². The zero-order valence-corrected chi connectivity index (χ0v) is 12.1. The minimum absolute atomic E-state index is 0.00237. The van der Waals surface area contributed by atoms with Crippen LogP contribution in [0.3, 0.4) is 0 Å². The Hall–Kier alpha value is -2.09. The zero-order valence-electron chi connectivity index (χ0n) is 12.1. The monoisotopic (exact) mass is 295 g/mol. The number of hydrogen-bond acceptors (Lipinski definition) is 4. The third-order valence-corrected chi connectivity index (χ3v) is 3.43. The number of nitrogens with one attached hydrogen (secondary N) is 2. The maximum absolute atomic E-state index is 11.6. The molecule has 0 aromatic carbocycles. The van der Waals surface area contributed by atoms with Gasteiger partial charge >= 0.3 is 12.0 Å². The van der Waals surface area contributed by atoms with E-state index in [1.165, 1.54) is 25.4 Å². The van der Waals surface area contributed by atoms with Gasteiger partial charge in [0, 0.05) is 38.4 Å². The van der Waals surface area contributed by atoms with Crippen LogP contribution in [0.25, 0.3) is 0 Å². The van der Waals surface area contributed by atoms with Crippen molar-refractivity contribution in [3.05, 3.63) is 18.2 Å². The standard InChI is InChI=1S/C13H21N5O3/c1-17(10-2-3-10)6-4-14-13(21)15-5-7-18-8-11(12(19)20)16-9-18/h8-10H,2-7H2,1H3,(H,19,20)(H2,14,15,21). The highest BCUT2D eigenvalue weighted by atomic mass is 16.4. The van der Waals surface area contributed by atoms with E-state index in [0.29, 0.717) is 25.7 Å². The Morgan fingerprint density at radius 3 is 2.76 bits per heavy atom. The molecule has 2 rings (SSSR count). The van der Waals surface area contributed by atoms with Gasteiger partial charge in [0.15, 0.2) is 5.69 Å². The number of aromatic carboxylic acids is 1. The summed E-state index contributed by atoms with van der Waals surface area (Å²) in [6.45, 7) is 2.37. The van der Waals surface area contributed by atoms with E-state index in [-0.39, 0.29) is 11.7 Å². The number of likely N-dealkylation sites (N-methyl/N-ethyl adjacent to an activating group) is 1. The maximum Gasteiger partial charge on any atom is 0.356 e. The molecule has 1 aromatic rings. The molecule has 2 amide bonds. The van der Waals surface area contributed by atoms with Crippen LogP contribution in [-0.2, 0) is 6.54 Å². The van der Waals surface area contributed by atoms with Crippen LogP contribution < -0.4 is 10.6 Å². The summed E-state index contributed by atoms with van der Waals surface area (Å²) >= 11 is 0. The van der Waals surface area contributed by atoms with Crippen molar-refractivity contribution in [2.24, 2.45) is 0 Å². The van der Waals surface area contributed by atoms with Gasteiger partial charge in [-0.2, -0.15) is 0 Å². The van der Waals surface area contributed by atoms with Crippen LogP contribution >= 0.6 is 0 Å². The summed E-state index contributed by atoms with van der Waals surface area (Å²) in [6.07, 6.45) is 5.39. The molecule has 0 bridgehead atoms. The van der Waals surface area contributed by atoms with E-state index in [9.17, 15) is 9.59 Å². The topological polar surface area (TPSA) is 99.5 Å². The van der Waals surface area contributed by atoms with Gasteiger partial charge in [0.25, 0.3) is 0 Å². The molecule has 0 atom stereocenters. The summed E-state index contributed by atoms with van der Waals surface area (Å²) in [7, 11) is 2.07. The fraction of sp³-hybridized carbons (Fsp3) is 0.615. The summed E-state index contributed by atoms with van der Waals surface area (Å²) < 4.78 is 1.63. The number of amides is 2. The molecule has 0 radical (unpaired) electrons. The molecule has 116 valence electrons. The Kier molecular flexibility index (Phi) is 5.15. The fourth-order valence-electron chi connectivity index (χ4n) is 2.00. The molecule has 8 heteroatoms. The minimum atomic E-state index is -1.06. The predicted octanol–water partition coefficient (Wildman–Crippen LogP) is -0.0253. The average Bonchev–Trinajstić information content (AvgIpc) is 3.18. The molecule has 3 N–H and O–H groups in total. The Morgan fingerprint density at radius 1 is 1.43 bits per heavy atom. The smallest absolute Gasteiger partial charge is 0.356 e. The number of hydrogen-bond donors (Lipinski definition) is 3. The van der Waals surface area contributed by atoms with Crippen molar-refractivity contribution in [3.8, 4) is 0 Å². The Bertz CT molecular complexity index is 498. The van der Waals surface area contributed by atoms with Gasteiger partial charge < -0.3 is 25.2 Å². The van der Waals surface area contributed by atoms with Gasteiger partial charge in [-0.15, -0.1) is 0 Å². The second-order valence-corrected chi connectivity index (χ2v) is 5.20. The Morgan fingerprint density at radius 2 is 2.14 bits per heavy atom. The van der Waals surface area contributed by atoms with E-state index in [4.69, 9.17) is 5.11 Å². The number of aromatic nitrogens is 2. The highest BCUT2D eigenvalue weighted by molar-refractivity contribution is 5.84. The molecule has 8 nitrogen and oxygen atoms in total. The highest BCUT2D eigenvalue weighted by Crippen LogP contribution is 2.24. The van der Waals surface area contributed by atoms with E-state index >= 15 is 0 Å². The largest absolute Gasteiger partial charge is 0.476 e. The SMILES string of the molecule is CN(CCNC(=O)NCCn1cnc(C(=O)O)c1)C1CC1. The van der Waals surface area contributed by atoms with Crippen molar-refractivity contribution in [1.82, 2.24) is 25.1 Å². The van der Waals surface area contributed by atoms with E-state index in [2.05, 4.69) is 27.6 Å². The molecule has 0 spiro atoms. The molecule has 1 aliphatic carbocycles. The first kappa shape index (κ1) is 15.3. The second kappa shape index (κ2) is 7.07. The summed E-state index contributed by atoms with van der Waals surface area (Å²) in [5.41, 5.74) is 0.00237. The lowest BCUT2D eigenvalue weighted by Crippen LogP contribution is -2.41. The lowest BCUT2D eigenvalue weighted by molar-refractivity contribution is 0.0691. The quantitative estimate of drug-likeness (QED) is 0.625. The molecule has 1 fully saturated rings. The average molecular weight is 295 g/mol. The molecule has 1 saturated carbocycles. The Labute approximate surface area is 123 Å². The summed E-state index contributed by atoms with van der Waals surface area (Å²) in [5.74, 6) is -1.06.